The molecule has 1 spiro atoms. The van der Waals surface area contributed by atoms with Gasteiger partial charge in [0.25, 0.3) is 0 Å². The number of aliphatic hydroxyl groups excluding tert-OH is 1. The third kappa shape index (κ3) is 5.14. The zero-order chi connectivity index (χ0) is 24.3. The lowest BCUT2D eigenvalue weighted by atomic mass is 9.73. The van der Waals surface area contributed by atoms with Crippen molar-refractivity contribution in [2.24, 2.45) is 5.92 Å². The summed E-state index contributed by atoms with van der Waals surface area (Å²) in [6, 6.07) is 5.75. The first-order valence-corrected chi connectivity index (χ1v) is 12.9. The average Bonchev–Trinajstić information content (AvgIpc) is 3.61. The van der Waals surface area contributed by atoms with Crippen molar-refractivity contribution in [1.29, 1.82) is 0 Å². The van der Waals surface area contributed by atoms with Crippen molar-refractivity contribution in [1.82, 2.24) is 14.9 Å². The number of fused-ring (bicyclic) bond motifs is 2. The zero-order valence-corrected chi connectivity index (χ0v) is 21.4. The van der Waals surface area contributed by atoms with Crippen LogP contribution in [0.15, 0.2) is 30.6 Å². The summed E-state index contributed by atoms with van der Waals surface area (Å²) in [4.78, 5) is 23.5. The molecule has 1 amide bonds. The van der Waals surface area contributed by atoms with Gasteiger partial charge in [-0.15, -0.1) is 0 Å². The Balaban J connectivity index is 0.000000192. The summed E-state index contributed by atoms with van der Waals surface area (Å²) in [5.41, 5.74) is 2.67. The van der Waals surface area contributed by atoms with Gasteiger partial charge in [-0.3, -0.25) is 4.79 Å². The second-order valence-corrected chi connectivity index (χ2v) is 10.8. The number of amides is 1. The molecule has 3 aliphatic rings. The number of nitrogens with one attached hydrogen (secondary N) is 1. The molecule has 1 aliphatic carbocycles. The molecule has 2 N–H and O–H groups in total. The first-order valence-electron chi connectivity index (χ1n) is 12.6. The van der Waals surface area contributed by atoms with Gasteiger partial charge in [0.2, 0.25) is 5.91 Å². The summed E-state index contributed by atoms with van der Waals surface area (Å²) in [5, 5.41) is 12.9. The normalized spacial score (nSPS) is 20.8. The van der Waals surface area contributed by atoms with E-state index in [-0.39, 0.29) is 23.3 Å². The van der Waals surface area contributed by atoms with Crippen LogP contribution in [-0.2, 0) is 15.6 Å². The standard InChI is InChI=1S/C18H25ClN2O.C9H12N2O/c1-3-13(2)6-9-21-10-7-18(8-11-21)15-12-14(19)4-5-16(15)20-17(18)22;1-7-4-10-8(11-5-7)9(6-12)2-3-9/h4-5,12-13H,3,6-11H2,1-2H3,(H,20,22);4-5,12H,2-3,6H2,1H3. The van der Waals surface area contributed by atoms with Gasteiger partial charge in [0, 0.05) is 23.1 Å². The molecule has 7 heteroatoms. The molecule has 2 aromatic rings. The largest absolute Gasteiger partial charge is 0.395 e. The number of aryl methyl sites for hydroxylation is 1. The third-order valence-electron chi connectivity index (χ3n) is 7.94. The molecule has 34 heavy (non-hydrogen) atoms. The van der Waals surface area contributed by atoms with Crippen molar-refractivity contribution in [2.75, 3.05) is 31.6 Å². The van der Waals surface area contributed by atoms with Crippen molar-refractivity contribution in [3.63, 3.8) is 0 Å². The van der Waals surface area contributed by atoms with E-state index in [1.165, 1.54) is 12.8 Å². The molecule has 1 unspecified atom stereocenters. The molecule has 1 saturated carbocycles. The van der Waals surface area contributed by atoms with Gasteiger partial charge in [0.1, 0.15) is 5.82 Å². The van der Waals surface area contributed by atoms with E-state index in [9.17, 15) is 4.79 Å². The quantitative estimate of drug-likeness (QED) is 0.611. The first kappa shape index (κ1) is 25.1. The fourth-order valence-corrected chi connectivity index (χ4v) is 5.09. The number of hydrogen-bond donors (Lipinski definition) is 2. The number of aliphatic hydroxyl groups is 1. The maximum absolute atomic E-state index is 12.6. The van der Waals surface area contributed by atoms with E-state index in [4.69, 9.17) is 16.7 Å². The van der Waals surface area contributed by atoms with E-state index >= 15 is 0 Å². The predicted molar refractivity (Wildman–Crippen MR) is 136 cm³/mol. The van der Waals surface area contributed by atoms with Gasteiger partial charge in [-0.25, -0.2) is 9.97 Å². The third-order valence-corrected chi connectivity index (χ3v) is 8.17. The fourth-order valence-electron chi connectivity index (χ4n) is 4.92. The van der Waals surface area contributed by atoms with E-state index in [0.29, 0.717) is 5.02 Å². The number of carbonyl (C=O) groups is 1. The number of rotatable bonds is 6. The molecular formula is C27H37ClN4O2. The molecular weight excluding hydrogens is 448 g/mol. The van der Waals surface area contributed by atoms with Crippen molar-refractivity contribution in [3.8, 4) is 0 Å². The maximum atomic E-state index is 12.6. The lowest BCUT2D eigenvalue weighted by Gasteiger charge is -2.38. The molecule has 3 heterocycles. The van der Waals surface area contributed by atoms with Crippen molar-refractivity contribution in [2.45, 2.75) is 70.1 Å². The van der Waals surface area contributed by atoms with Gasteiger partial charge < -0.3 is 15.3 Å². The molecule has 184 valence electrons. The number of carbonyl (C=O) groups excluding carboxylic acids is 1. The molecule has 1 atom stereocenters. The number of piperidine rings is 1. The molecule has 5 rings (SSSR count). The summed E-state index contributed by atoms with van der Waals surface area (Å²) in [6.45, 7) is 9.84. The summed E-state index contributed by atoms with van der Waals surface area (Å²) in [6.07, 6.45) is 9.93. The van der Waals surface area contributed by atoms with E-state index in [1.807, 2.05) is 25.1 Å². The Labute approximate surface area is 208 Å². The number of hydrogen-bond acceptors (Lipinski definition) is 5. The topological polar surface area (TPSA) is 78.4 Å². The Morgan fingerprint density at radius 1 is 1.18 bits per heavy atom. The summed E-state index contributed by atoms with van der Waals surface area (Å²) < 4.78 is 0. The molecule has 6 nitrogen and oxygen atoms in total. The van der Waals surface area contributed by atoms with Crippen molar-refractivity contribution in [3.05, 3.63) is 52.6 Å². The smallest absolute Gasteiger partial charge is 0.235 e. The zero-order valence-electron chi connectivity index (χ0n) is 20.6. The minimum absolute atomic E-state index is 0.0896. The highest BCUT2D eigenvalue weighted by Gasteiger charge is 2.48. The predicted octanol–water partition coefficient (Wildman–Crippen LogP) is 4.87. The lowest BCUT2D eigenvalue weighted by molar-refractivity contribution is -0.122. The molecule has 0 radical (unpaired) electrons. The van der Waals surface area contributed by atoms with Crippen molar-refractivity contribution >= 4 is 23.2 Å². The molecule has 1 saturated heterocycles. The Morgan fingerprint density at radius 2 is 1.85 bits per heavy atom. The molecule has 1 aromatic heterocycles. The van der Waals surface area contributed by atoms with Crippen LogP contribution in [0.5, 0.6) is 0 Å². The molecule has 0 bridgehead atoms. The highest BCUT2D eigenvalue weighted by atomic mass is 35.5. The van der Waals surface area contributed by atoms with Crippen LogP contribution < -0.4 is 5.32 Å². The van der Waals surface area contributed by atoms with Crippen LogP contribution in [-0.4, -0.2) is 52.1 Å². The Morgan fingerprint density at radius 3 is 2.44 bits per heavy atom. The van der Waals surface area contributed by atoms with Crippen LogP contribution >= 0.6 is 11.6 Å². The second kappa shape index (κ2) is 10.3. The summed E-state index contributed by atoms with van der Waals surface area (Å²) in [5.74, 6) is 1.74. The van der Waals surface area contributed by atoms with Gasteiger partial charge in [-0.1, -0.05) is 31.9 Å². The van der Waals surface area contributed by atoms with Gasteiger partial charge in [0.05, 0.1) is 17.4 Å². The van der Waals surface area contributed by atoms with Crippen LogP contribution in [0.3, 0.4) is 0 Å². The van der Waals surface area contributed by atoms with Gasteiger partial charge >= 0.3 is 0 Å². The van der Waals surface area contributed by atoms with Crippen LogP contribution in [0.2, 0.25) is 5.02 Å². The SMILES string of the molecule is CCC(C)CCN1CCC2(CC1)C(=O)Nc1ccc(Cl)cc12.Cc1cnc(C2(CO)CC2)nc1. The number of aromatic nitrogens is 2. The number of anilines is 1. The lowest BCUT2D eigenvalue weighted by Crippen LogP contribution is -2.46. The van der Waals surface area contributed by atoms with Crippen LogP contribution in [0, 0.1) is 12.8 Å². The van der Waals surface area contributed by atoms with Crippen LogP contribution in [0.1, 0.15) is 69.3 Å². The highest BCUT2D eigenvalue weighted by molar-refractivity contribution is 6.31. The average molecular weight is 485 g/mol. The minimum atomic E-state index is -0.354. The van der Waals surface area contributed by atoms with E-state index in [1.54, 1.807) is 12.4 Å². The highest BCUT2D eigenvalue weighted by Crippen LogP contribution is 2.46. The van der Waals surface area contributed by atoms with E-state index in [2.05, 4.69) is 34.0 Å². The Hall–Kier alpha value is -2.02. The van der Waals surface area contributed by atoms with Gasteiger partial charge in [-0.05, 0) is 93.9 Å². The fraction of sp³-hybridized carbons (Fsp3) is 0.593. The second-order valence-electron chi connectivity index (χ2n) is 10.4. The van der Waals surface area contributed by atoms with Crippen LogP contribution in [0.25, 0.3) is 0 Å². The number of likely N-dealkylation sites (tertiary alicyclic amines) is 1. The van der Waals surface area contributed by atoms with E-state index in [0.717, 1.165) is 73.9 Å². The van der Waals surface area contributed by atoms with Gasteiger partial charge in [0.15, 0.2) is 0 Å². The summed E-state index contributed by atoms with van der Waals surface area (Å²) >= 11 is 6.15. The number of benzene rings is 1. The first-order chi connectivity index (χ1) is 16.3. The number of nitrogens with zero attached hydrogens (tertiary/aromatic N) is 3. The van der Waals surface area contributed by atoms with E-state index < -0.39 is 0 Å². The van der Waals surface area contributed by atoms with Crippen molar-refractivity contribution < 1.29 is 9.90 Å². The maximum Gasteiger partial charge on any atom is 0.235 e. The van der Waals surface area contributed by atoms with Gasteiger partial charge in [-0.2, -0.15) is 0 Å². The summed E-state index contributed by atoms with van der Waals surface area (Å²) in [7, 11) is 0. The monoisotopic (exact) mass is 484 g/mol. The minimum Gasteiger partial charge on any atom is -0.395 e. The molecule has 2 fully saturated rings. The Kier molecular flexibility index (Phi) is 7.60. The molecule has 1 aromatic carbocycles. The van der Waals surface area contributed by atoms with Crippen LogP contribution in [0.4, 0.5) is 5.69 Å². The Bertz CT molecular complexity index is 998. The number of halogens is 1. The molecule has 2 aliphatic heterocycles.